The Balaban J connectivity index is 1.33. The van der Waals surface area contributed by atoms with Gasteiger partial charge in [0.1, 0.15) is 5.69 Å². The summed E-state index contributed by atoms with van der Waals surface area (Å²) in [6, 6.07) is 15.1. The maximum Gasteiger partial charge on any atom is 0.294 e. The maximum atomic E-state index is 13.5. The quantitative estimate of drug-likeness (QED) is 0.528. The summed E-state index contributed by atoms with van der Waals surface area (Å²) >= 11 is 6.02. The number of fused-ring (bicyclic) bond motifs is 1. The molecule has 2 aromatic carbocycles. The van der Waals surface area contributed by atoms with Crippen LogP contribution in [-0.2, 0) is 10.0 Å². The van der Waals surface area contributed by atoms with Gasteiger partial charge < -0.3 is 10.1 Å². The van der Waals surface area contributed by atoms with Crippen LogP contribution in [0.15, 0.2) is 72.0 Å². The molecular formula is C26H25ClN4O4S. The van der Waals surface area contributed by atoms with E-state index < -0.39 is 15.1 Å². The van der Waals surface area contributed by atoms with E-state index in [0.717, 1.165) is 11.1 Å². The van der Waals surface area contributed by atoms with E-state index in [1.165, 1.54) is 10.4 Å². The summed E-state index contributed by atoms with van der Waals surface area (Å²) in [6.07, 6.45) is 4.82. The molecule has 2 aliphatic rings. The van der Waals surface area contributed by atoms with Crippen LogP contribution >= 0.6 is 11.6 Å². The van der Waals surface area contributed by atoms with Gasteiger partial charge in [-0.1, -0.05) is 23.7 Å². The maximum absolute atomic E-state index is 13.5. The second-order valence-electron chi connectivity index (χ2n) is 9.12. The molecule has 1 fully saturated rings. The zero-order chi connectivity index (χ0) is 25.6. The molecule has 186 valence electrons. The zero-order valence-corrected chi connectivity index (χ0v) is 21.3. The van der Waals surface area contributed by atoms with E-state index in [1.807, 2.05) is 38.1 Å². The summed E-state index contributed by atoms with van der Waals surface area (Å²) < 4.78 is 28.2. The molecule has 1 aromatic heterocycles. The van der Waals surface area contributed by atoms with Crippen LogP contribution in [0.4, 0.5) is 5.69 Å². The number of pyridine rings is 1. The largest absolute Gasteiger partial charge is 0.623 e. The number of amides is 1. The first-order valence-corrected chi connectivity index (χ1v) is 13.4. The number of benzene rings is 2. The minimum atomic E-state index is -4.05. The number of nitrogens with zero attached hydrogens (tertiary/aromatic N) is 3. The van der Waals surface area contributed by atoms with Gasteiger partial charge >= 0.3 is 0 Å². The summed E-state index contributed by atoms with van der Waals surface area (Å²) in [5.41, 5.74) is 3.33. The predicted molar refractivity (Wildman–Crippen MR) is 139 cm³/mol. The van der Waals surface area contributed by atoms with E-state index in [0.29, 0.717) is 21.8 Å². The fourth-order valence-electron chi connectivity index (χ4n) is 4.90. The standard InChI is InChI=1S/C26H25ClN4O4S/c1-17-15-29(36(34,35)25-14-22-13-23(27)7-8-24(22)31(25)33)16-18(2)30(17)26(32)21-5-3-19(4-6-21)20-9-11-28-12-10-20/h3-14,17-18,31H,15-16H2,1-2H3/t17-,18+. The molecule has 0 radical (unpaired) electrons. The van der Waals surface area contributed by atoms with Crippen LogP contribution in [0.3, 0.4) is 0 Å². The summed E-state index contributed by atoms with van der Waals surface area (Å²) in [4.78, 5) is 19.1. The second-order valence-corrected chi connectivity index (χ2v) is 11.5. The molecule has 1 amide bonds. The Hall–Kier alpha value is -3.08. The van der Waals surface area contributed by atoms with Crippen molar-refractivity contribution in [1.29, 1.82) is 0 Å². The average Bonchev–Trinajstić information content (AvgIpc) is 3.20. The number of carbonyl (C=O) groups excluding carboxylic acids is 1. The number of quaternary nitrogens is 1. The van der Waals surface area contributed by atoms with E-state index >= 15 is 0 Å². The van der Waals surface area contributed by atoms with Crippen molar-refractivity contribution in [2.45, 2.75) is 25.9 Å². The van der Waals surface area contributed by atoms with Crippen molar-refractivity contribution in [1.82, 2.24) is 14.2 Å². The molecule has 1 unspecified atom stereocenters. The van der Waals surface area contributed by atoms with Gasteiger partial charge in [-0.25, -0.2) is 8.42 Å². The smallest absolute Gasteiger partial charge is 0.294 e. The van der Waals surface area contributed by atoms with Crippen LogP contribution in [0.2, 0.25) is 5.02 Å². The van der Waals surface area contributed by atoms with Gasteiger partial charge in [-0.05, 0) is 61.4 Å². The molecule has 0 bridgehead atoms. The van der Waals surface area contributed by atoms with Crippen molar-refractivity contribution < 1.29 is 18.3 Å². The number of hydrogen-bond donors (Lipinski definition) is 1. The molecule has 3 aromatic rings. The van der Waals surface area contributed by atoms with Gasteiger partial charge in [0.05, 0.1) is 0 Å². The molecule has 0 spiro atoms. The van der Waals surface area contributed by atoms with E-state index in [9.17, 15) is 18.4 Å². The molecule has 8 nitrogen and oxygen atoms in total. The van der Waals surface area contributed by atoms with Crippen molar-refractivity contribution in [3.05, 3.63) is 93.4 Å². The normalized spacial score (nSPS) is 22.3. The van der Waals surface area contributed by atoms with Crippen LogP contribution in [0, 0.1) is 5.21 Å². The number of aromatic nitrogens is 1. The molecule has 0 aliphatic carbocycles. The van der Waals surface area contributed by atoms with Crippen LogP contribution in [0.25, 0.3) is 17.2 Å². The van der Waals surface area contributed by atoms with E-state index in [4.69, 9.17) is 11.6 Å². The molecule has 2 aliphatic heterocycles. The Kier molecular flexibility index (Phi) is 6.44. The van der Waals surface area contributed by atoms with E-state index in [-0.39, 0.29) is 36.1 Å². The van der Waals surface area contributed by atoms with Crippen LogP contribution in [-0.4, -0.2) is 53.7 Å². The molecule has 1 saturated heterocycles. The van der Waals surface area contributed by atoms with Crippen molar-refractivity contribution in [2.24, 2.45) is 0 Å². The number of piperazine rings is 1. The minimum absolute atomic E-state index is 0.0925. The van der Waals surface area contributed by atoms with Gasteiger partial charge in [0, 0.05) is 65.9 Å². The van der Waals surface area contributed by atoms with Crippen molar-refractivity contribution in [3.63, 3.8) is 0 Å². The molecule has 5 rings (SSSR count). The molecule has 3 heterocycles. The number of rotatable bonds is 4. The lowest BCUT2D eigenvalue weighted by Crippen LogP contribution is -3.00. The molecule has 1 N–H and O–H groups in total. The van der Waals surface area contributed by atoms with Gasteiger partial charge in [0.15, 0.2) is 0 Å². The van der Waals surface area contributed by atoms with Gasteiger partial charge in [-0.15, -0.1) is 0 Å². The van der Waals surface area contributed by atoms with Gasteiger partial charge in [-0.2, -0.15) is 4.31 Å². The van der Waals surface area contributed by atoms with Crippen LogP contribution in [0.5, 0.6) is 0 Å². The first kappa shape index (κ1) is 24.6. The lowest BCUT2D eigenvalue weighted by atomic mass is 10.0. The lowest BCUT2D eigenvalue weighted by Gasteiger charge is -2.43. The molecule has 36 heavy (non-hydrogen) atoms. The van der Waals surface area contributed by atoms with Gasteiger partial charge in [-0.3, -0.25) is 14.8 Å². The molecular weight excluding hydrogens is 500 g/mol. The fourth-order valence-corrected chi connectivity index (χ4v) is 6.80. The highest BCUT2D eigenvalue weighted by Crippen LogP contribution is 2.30. The number of sulfonamides is 1. The third-order valence-electron chi connectivity index (χ3n) is 6.65. The lowest BCUT2D eigenvalue weighted by molar-refractivity contribution is -0.717. The number of nitrogens with one attached hydrogen (secondary N) is 1. The SMILES string of the molecule is C[C@@H]1CN(S(=O)(=O)C2=Cc3cc(Cl)ccc3[NH+]2[O-])C[C@H](C)N1C(=O)c1ccc(-c2ccncc2)cc1. The summed E-state index contributed by atoms with van der Waals surface area (Å²) in [5, 5.41) is 12.5. The van der Waals surface area contributed by atoms with Crippen LogP contribution in [0.1, 0.15) is 29.8 Å². The predicted octanol–water partition coefficient (Wildman–Crippen LogP) is 3.29. The van der Waals surface area contributed by atoms with Gasteiger partial charge in [0.2, 0.25) is 5.03 Å². The Morgan fingerprint density at radius 2 is 1.61 bits per heavy atom. The minimum Gasteiger partial charge on any atom is -0.623 e. The second kappa shape index (κ2) is 9.42. The fraction of sp³-hybridized carbons (Fsp3) is 0.231. The van der Waals surface area contributed by atoms with E-state index in [1.54, 1.807) is 47.6 Å². The average molecular weight is 525 g/mol. The van der Waals surface area contributed by atoms with Gasteiger partial charge in [0.25, 0.3) is 15.9 Å². The monoisotopic (exact) mass is 524 g/mol. The number of hydroxylamine groups is 1. The highest BCUT2D eigenvalue weighted by Gasteiger charge is 2.43. The number of carbonyl (C=O) groups is 1. The summed E-state index contributed by atoms with van der Waals surface area (Å²) in [7, 11) is -4.05. The van der Waals surface area contributed by atoms with Crippen molar-refractivity contribution in [2.75, 3.05) is 13.1 Å². The highest BCUT2D eigenvalue weighted by molar-refractivity contribution is 7.92. The Bertz CT molecular complexity index is 1430. The third kappa shape index (κ3) is 4.33. The van der Waals surface area contributed by atoms with Crippen molar-refractivity contribution in [3.8, 4) is 11.1 Å². The van der Waals surface area contributed by atoms with E-state index in [2.05, 4.69) is 4.98 Å². The first-order valence-electron chi connectivity index (χ1n) is 11.6. The Labute approximate surface area is 215 Å². The van der Waals surface area contributed by atoms with Crippen LogP contribution < -0.4 is 5.06 Å². The van der Waals surface area contributed by atoms with Crippen molar-refractivity contribution >= 4 is 39.3 Å². The number of hydrogen-bond acceptors (Lipinski definition) is 5. The summed E-state index contributed by atoms with van der Waals surface area (Å²) in [5.74, 6) is -0.161. The first-order chi connectivity index (χ1) is 17.2. The Morgan fingerprint density at radius 3 is 2.25 bits per heavy atom. The third-order valence-corrected chi connectivity index (χ3v) is 8.72. The number of halogens is 1. The molecule has 3 atom stereocenters. The molecule has 0 saturated carbocycles. The summed E-state index contributed by atoms with van der Waals surface area (Å²) in [6.45, 7) is 3.83. The topological polar surface area (TPSA) is 98.1 Å². The Morgan fingerprint density at radius 1 is 1.00 bits per heavy atom. The molecule has 10 heteroatoms. The highest BCUT2D eigenvalue weighted by atomic mass is 35.5. The zero-order valence-electron chi connectivity index (χ0n) is 19.8.